The molecule has 1 N–H and O–H groups in total. The van der Waals surface area contributed by atoms with Gasteiger partial charge in [0.25, 0.3) is 0 Å². The highest BCUT2D eigenvalue weighted by atomic mass is 16.4. The van der Waals surface area contributed by atoms with Crippen LogP contribution in [0.2, 0.25) is 0 Å². The summed E-state index contributed by atoms with van der Waals surface area (Å²) in [5.41, 5.74) is 1.24. The van der Waals surface area contributed by atoms with Gasteiger partial charge < -0.3 is 10.0 Å². The van der Waals surface area contributed by atoms with E-state index in [0.29, 0.717) is 6.54 Å². The lowest BCUT2D eigenvalue weighted by Crippen LogP contribution is -2.21. The molecule has 1 aromatic rings. The Balaban J connectivity index is 2.25. The molecule has 0 aliphatic rings. The molecule has 0 saturated carbocycles. The maximum absolute atomic E-state index is 10.2. The van der Waals surface area contributed by atoms with Gasteiger partial charge in [0.2, 0.25) is 0 Å². The van der Waals surface area contributed by atoms with E-state index in [4.69, 9.17) is 5.11 Å². The first-order valence-corrected chi connectivity index (χ1v) is 5.15. The van der Waals surface area contributed by atoms with E-state index in [-0.39, 0.29) is 0 Å². The molecule has 1 aromatic heterocycles. The topological polar surface area (TPSA) is 53.4 Å². The lowest BCUT2D eigenvalue weighted by Gasteiger charge is -2.13. The third kappa shape index (κ3) is 5.26. The van der Waals surface area contributed by atoms with E-state index in [2.05, 4.69) is 9.88 Å². The number of pyridine rings is 1. The first-order valence-electron chi connectivity index (χ1n) is 5.15. The zero-order valence-electron chi connectivity index (χ0n) is 9.34. The third-order valence-corrected chi connectivity index (χ3v) is 2.21. The van der Waals surface area contributed by atoms with Crippen LogP contribution in [0.5, 0.6) is 0 Å². The van der Waals surface area contributed by atoms with E-state index in [9.17, 15) is 4.79 Å². The van der Waals surface area contributed by atoms with Crippen LogP contribution in [-0.2, 0) is 11.2 Å². The van der Waals surface area contributed by atoms with Crippen molar-refractivity contribution >= 4 is 5.97 Å². The molecule has 4 nitrogen and oxygen atoms in total. The number of carboxylic acids is 1. The fourth-order valence-electron chi connectivity index (χ4n) is 1.29. The Labute approximate surface area is 95.2 Å². The number of aromatic nitrogens is 1. The van der Waals surface area contributed by atoms with Crippen LogP contribution in [0, 0.1) is 0 Å². The van der Waals surface area contributed by atoms with Crippen LogP contribution >= 0.6 is 0 Å². The molecule has 16 heavy (non-hydrogen) atoms. The van der Waals surface area contributed by atoms with Gasteiger partial charge in [0, 0.05) is 31.6 Å². The Morgan fingerprint density at radius 3 is 2.81 bits per heavy atom. The molecule has 1 rings (SSSR count). The molecule has 0 fully saturated rings. The summed E-state index contributed by atoms with van der Waals surface area (Å²) in [5.74, 6) is -0.900. The fraction of sp³-hybridized carbons (Fsp3) is 0.333. The Kier molecular flexibility index (Phi) is 5.22. The third-order valence-electron chi connectivity index (χ3n) is 2.21. The van der Waals surface area contributed by atoms with Gasteiger partial charge in [-0.25, -0.2) is 4.79 Å². The number of carbonyl (C=O) groups is 1. The predicted octanol–water partition coefficient (Wildman–Crippen LogP) is 1.20. The first-order chi connectivity index (χ1) is 7.68. The van der Waals surface area contributed by atoms with Crippen molar-refractivity contribution in [2.45, 2.75) is 6.42 Å². The van der Waals surface area contributed by atoms with Gasteiger partial charge in [0.1, 0.15) is 0 Å². The van der Waals surface area contributed by atoms with Crippen molar-refractivity contribution in [1.29, 1.82) is 0 Å². The van der Waals surface area contributed by atoms with Gasteiger partial charge in [0.05, 0.1) is 0 Å². The van der Waals surface area contributed by atoms with Crippen molar-refractivity contribution in [3.8, 4) is 0 Å². The van der Waals surface area contributed by atoms with Crippen LogP contribution in [0.1, 0.15) is 5.56 Å². The van der Waals surface area contributed by atoms with Gasteiger partial charge in [-0.1, -0.05) is 6.08 Å². The van der Waals surface area contributed by atoms with Crippen LogP contribution in [0.3, 0.4) is 0 Å². The standard InChI is InChI=1S/C12H16N2O2/c1-14(9-2-3-12(15)16)10-6-11-4-7-13-8-5-11/h2-5,7-8H,6,9-10H2,1H3,(H,15,16). The highest BCUT2D eigenvalue weighted by Gasteiger charge is 1.97. The van der Waals surface area contributed by atoms with Gasteiger partial charge in [0.15, 0.2) is 0 Å². The first kappa shape index (κ1) is 12.4. The Morgan fingerprint density at radius 2 is 2.19 bits per heavy atom. The minimum absolute atomic E-state index is 0.650. The van der Waals surface area contributed by atoms with Gasteiger partial charge in [-0.3, -0.25) is 4.98 Å². The largest absolute Gasteiger partial charge is 0.478 e. The molecule has 0 spiro atoms. The summed E-state index contributed by atoms with van der Waals surface area (Å²) in [5, 5.41) is 8.42. The average Bonchev–Trinajstić information content (AvgIpc) is 2.27. The number of hydrogen-bond acceptors (Lipinski definition) is 3. The predicted molar refractivity (Wildman–Crippen MR) is 62.2 cm³/mol. The van der Waals surface area contributed by atoms with Crippen LogP contribution in [0.4, 0.5) is 0 Å². The second-order valence-corrected chi connectivity index (χ2v) is 3.61. The van der Waals surface area contributed by atoms with E-state index in [0.717, 1.165) is 13.0 Å². The summed E-state index contributed by atoms with van der Waals surface area (Å²) in [6.07, 6.45) is 7.32. The summed E-state index contributed by atoms with van der Waals surface area (Å²) in [6.45, 7) is 1.55. The monoisotopic (exact) mass is 220 g/mol. The second kappa shape index (κ2) is 6.74. The van der Waals surface area contributed by atoms with E-state index < -0.39 is 5.97 Å². The number of hydrogen-bond donors (Lipinski definition) is 1. The highest BCUT2D eigenvalue weighted by Crippen LogP contribution is 1.98. The van der Waals surface area contributed by atoms with E-state index in [1.165, 1.54) is 11.6 Å². The number of aliphatic carboxylic acids is 1. The van der Waals surface area contributed by atoms with Crippen LogP contribution < -0.4 is 0 Å². The van der Waals surface area contributed by atoms with E-state index in [1.54, 1.807) is 18.5 Å². The zero-order chi connectivity index (χ0) is 11.8. The summed E-state index contributed by atoms with van der Waals surface area (Å²) in [6, 6.07) is 3.97. The minimum Gasteiger partial charge on any atom is -0.478 e. The molecular formula is C12H16N2O2. The lowest BCUT2D eigenvalue weighted by molar-refractivity contribution is -0.131. The van der Waals surface area contributed by atoms with Crippen molar-refractivity contribution in [2.24, 2.45) is 0 Å². The molecule has 0 amide bonds. The van der Waals surface area contributed by atoms with Gasteiger partial charge >= 0.3 is 5.97 Å². The quantitative estimate of drug-likeness (QED) is 0.732. The summed E-state index contributed by atoms with van der Waals surface area (Å²) >= 11 is 0. The van der Waals surface area contributed by atoms with Crippen molar-refractivity contribution in [2.75, 3.05) is 20.1 Å². The zero-order valence-corrected chi connectivity index (χ0v) is 9.34. The maximum Gasteiger partial charge on any atom is 0.328 e. The Hall–Kier alpha value is -1.68. The minimum atomic E-state index is -0.900. The van der Waals surface area contributed by atoms with Gasteiger partial charge in [-0.2, -0.15) is 0 Å². The molecule has 1 heterocycles. The molecule has 0 atom stereocenters. The molecule has 0 unspecified atom stereocenters. The van der Waals surface area contributed by atoms with Gasteiger partial charge in [-0.05, 0) is 31.2 Å². The van der Waals surface area contributed by atoms with E-state index in [1.807, 2.05) is 19.2 Å². The van der Waals surface area contributed by atoms with Gasteiger partial charge in [-0.15, -0.1) is 0 Å². The number of likely N-dealkylation sites (N-methyl/N-ethyl adjacent to an activating group) is 1. The smallest absolute Gasteiger partial charge is 0.328 e. The maximum atomic E-state index is 10.2. The van der Waals surface area contributed by atoms with Crippen LogP contribution in [0.25, 0.3) is 0 Å². The Bertz CT molecular complexity index is 349. The van der Waals surface area contributed by atoms with Crippen LogP contribution in [-0.4, -0.2) is 41.1 Å². The van der Waals surface area contributed by atoms with E-state index >= 15 is 0 Å². The molecule has 0 aliphatic heterocycles. The number of carboxylic acid groups (broad SMARTS) is 1. The molecule has 0 saturated heterocycles. The van der Waals surface area contributed by atoms with Crippen molar-refractivity contribution in [3.05, 3.63) is 42.2 Å². The average molecular weight is 220 g/mol. The Morgan fingerprint density at radius 1 is 1.50 bits per heavy atom. The summed E-state index contributed by atoms with van der Waals surface area (Å²) < 4.78 is 0. The molecule has 0 aromatic carbocycles. The summed E-state index contributed by atoms with van der Waals surface area (Å²) in [7, 11) is 1.97. The summed E-state index contributed by atoms with van der Waals surface area (Å²) in [4.78, 5) is 16.3. The molecule has 0 bridgehead atoms. The highest BCUT2D eigenvalue weighted by molar-refractivity contribution is 5.79. The van der Waals surface area contributed by atoms with Crippen molar-refractivity contribution in [3.63, 3.8) is 0 Å². The molecule has 0 aliphatic carbocycles. The SMILES string of the molecule is CN(CC=CC(=O)O)CCc1ccncc1. The molecule has 86 valence electrons. The number of rotatable bonds is 6. The van der Waals surface area contributed by atoms with Crippen molar-refractivity contribution in [1.82, 2.24) is 9.88 Å². The normalized spacial score (nSPS) is 11.1. The van der Waals surface area contributed by atoms with Crippen LogP contribution in [0.15, 0.2) is 36.7 Å². The van der Waals surface area contributed by atoms with Crippen molar-refractivity contribution < 1.29 is 9.90 Å². The lowest BCUT2D eigenvalue weighted by atomic mass is 10.2. The molecular weight excluding hydrogens is 204 g/mol. The molecule has 0 radical (unpaired) electrons. The second-order valence-electron chi connectivity index (χ2n) is 3.61. The molecule has 4 heteroatoms. The number of nitrogens with zero attached hydrogens (tertiary/aromatic N) is 2. The fourth-order valence-corrected chi connectivity index (χ4v) is 1.29.